The number of para-hydroxylation sites is 1. The van der Waals surface area contributed by atoms with Crippen molar-refractivity contribution in [2.45, 2.75) is 32.9 Å². The summed E-state index contributed by atoms with van der Waals surface area (Å²) in [6, 6.07) is 8.17. The van der Waals surface area contributed by atoms with E-state index in [1.54, 1.807) is 13.0 Å². The Hall–Kier alpha value is -2.26. The van der Waals surface area contributed by atoms with Crippen molar-refractivity contribution in [3.63, 3.8) is 0 Å². The van der Waals surface area contributed by atoms with E-state index < -0.39 is 39.2 Å². The minimum absolute atomic E-state index is 0.0943. The monoisotopic (exact) mass is 462 g/mol. The van der Waals surface area contributed by atoms with Crippen LogP contribution in [0.15, 0.2) is 36.4 Å². The number of benzene rings is 2. The highest BCUT2D eigenvalue weighted by atomic mass is 35.5. The van der Waals surface area contributed by atoms with Gasteiger partial charge in [-0.05, 0) is 42.2 Å². The number of halogens is 4. The standard InChI is InChI=1S/C20H22ClF3N2O3S/c1-12(2)15-7-5-6-13(3)19(15)25-18(27)11-26(30(4,28)29)14-8-9-17(21)16(10-14)20(22,23)24/h5-10,12H,11H2,1-4H3,(H,25,27). The first-order valence-corrected chi connectivity index (χ1v) is 11.2. The van der Waals surface area contributed by atoms with Crippen LogP contribution >= 0.6 is 11.6 Å². The molecule has 1 N–H and O–H groups in total. The lowest BCUT2D eigenvalue weighted by Gasteiger charge is -2.24. The molecule has 0 fully saturated rings. The van der Waals surface area contributed by atoms with Crippen LogP contribution in [0.25, 0.3) is 0 Å². The van der Waals surface area contributed by atoms with Crippen LogP contribution in [0, 0.1) is 6.92 Å². The summed E-state index contributed by atoms with van der Waals surface area (Å²) in [5, 5.41) is 2.13. The number of nitrogens with one attached hydrogen (secondary N) is 1. The second-order valence-electron chi connectivity index (χ2n) is 7.17. The molecule has 2 rings (SSSR count). The molecule has 164 valence electrons. The molecule has 10 heteroatoms. The lowest BCUT2D eigenvalue weighted by atomic mass is 9.98. The van der Waals surface area contributed by atoms with Gasteiger partial charge in [-0.2, -0.15) is 13.2 Å². The van der Waals surface area contributed by atoms with Crippen LogP contribution < -0.4 is 9.62 Å². The minimum Gasteiger partial charge on any atom is -0.324 e. The molecule has 30 heavy (non-hydrogen) atoms. The van der Waals surface area contributed by atoms with Crippen molar-refractivity contribution in [2.24, 2.45) is 0 Å². The highest BCUT2D eigenvalue weighted by molar-refractivity contribution is 7.92. The average molecular weight is 463 g/mol. The van der Waals surface area contributed by atoms with Gasteiger partial charge in [0.05, 0.1) is 22.5 Å². The molecule has 0 saturated heterocycles. The number of carbonyl (C=O) groups excluding carboxylic acids is 1. The quantitative estimate of drug-likeness (QED) is 0.642. The maximum Gasteiger partial charge on any atom is 0.417 e. The fraction of sp³-hybridized carbons (Fsp3) is 0.350. The second kappa shape index (κ2) is 8.85. The first kappa shape index (κ1) is 24.0. The molecule has 0 aliphatic heterocycles. The van der Waals surface area contributed by atoms with E-state index in [1.807, 2.05) is 26.0 Å². The summed E-state index contributed by atoms with van der Waals surface area (Å²) in [5.41, 5.74) is 0.708. The molecule has 0 heterocycles. The Bertz CT molecular complexity index is 1050. The van der Waals surface area contributed by atoms with Crippen LogP contribution in [-0.2, 0) is 21.0 Å². The number of nitrogens with zero attached hydrogens (tertiary/aromatic N) is 1. The van der Waals surface area contributed by atoms with Gasteiger partial charge in [-0.1, -0.05) is 43.6 Å². The molecule has 0 unspecified atom stereocenters. The van der Waals surface area contributed by atoms with Crippen LogP contribution in [0.3, 0.4) is 0 Å². The Labute approximate surface area is 178 Å². The minimum atomic E-state index is -4.77. The van der Waals surface area contributed by atoms with Gasteiger partial charge in [0.25, 0.3) is 0 Å². The molecule has 0 spiro atoms. The van der Waals surface area contributed by atoms with Crippen molar-refractivity contribution in [2.75, 3.05) is 22.4 Å². The SMILES string of the molecule is Cc1cccc(C(C)C)c1NC(=O)CN(c1ccc(Cl)c(C(F)(F)F)c1)S(C)(=O)=O. The van der Waals surface area contributed by atoms with Gasteiger partial charge < -0.3 is 5.32 Å². The number of carbonyl (C=O) groups is 1. The molecule has 0 saturated carbocycles. The second-order valence-corrected chi connectivity index (χ2v) is 9.49. The number of amides is 1. The van der Waals surface area contributed by atoms with E-state index in [-0.39, 0.29) is 11.6 Å². The van der Waals surface area contributed by atoms with E-state index >= 15 is 0 Å². The molecule has 2 aromatic carbocycles. The Morgan fingerprint density at radius 1 is 1.20 bits per heavy atom. The van der Waals surface area contributed by atoms with E-state index in [0.717, 1.165) is 29.5 Å². The van der Waals surface area contributed by atoms with Crippen molar-refractivity contribution < 1.29 is 26.4 Å². The molecule has 2 aromatic rings. The van der Waals surface area contributed by atoms with E-state index in [1.165, 1.54) is 0 Å². The number of alkyl halides is 3. The van der Waals surface area contributed by atoms with E-state index in [2.05, 4.69) is 5.32 Å². The molecule has 5 nitrogen and oxygen atoms in total. The summed E-state index contributed by atoms with van der Waals surface area (Å²) in [4.78, 5) is 12.7. The van der Waals surface area contributed by atoms with Crippen LogP contribution in [0.1, 0.15) is 36.5 Å². The van der Waals surface area contributed by atoms with Crippen molar-refractivity contribution in [1.29, 1.82) is 0 Å². The number of hydrogen-bond donors (Lipinski definition) is 1. The topological polar surface area (TPSA) is 66.5 Å². The summed E-state index contributed by atoms with van der Waals surface area (Å²) in [6.45, 7) is 4.99. The normalized spacial score (nSPS) is 12.2. The summed E-state index contributed by atoms with van der Waals surface area (Å²) < 4.78 is 64.6. The third-order valence-corrected chi connectivity index (χ3v) is 5.89. The molecule has 0 bridgehead atoms. The fourth-order valence-corrected chi connectivity index (χ4v) is 4.01. The highest BCUT2D eigenvalue weighted by Gasteiger charge is 2.34. The van der Waals surface area contributed by atoms with Gasteiger partial charge in [-0.25, -0.2) is 8.42 Å². The maximum atomic E-state index is 13.2. The Balaban J connectivity index is 2.40. The van der Waals surface area contributed by atoms with Crippen molar-refractivity contribution >= 4 is 38.9 Å². The first-order valence-electron chi connectivity index (χ1n) is 8.95. The summed E-state index contributed by atoms with van der Waals surface area (Å²) in [7, 11) is -4.05. The molecule has 1 amide bonds. The molecule has 0 aromatic heterocycles. The summed E-state index contributed by atoms with van der Waals surface area (Å²) >= 11 is 5.61. The van der Waals surface area contributed by atoms with E-state index in [9.17, 15) is 26.4 Å². The van der Waals surface area contributed by atoms with Gasteiger partial charge in [0, 0.05) is 5.69 Å². The van der Waals surface area contributed by atoms with Crippen molar-refractivity contribution in [3.8, 4) is 0 Å². The van der Waals surface area contributed by atoms with Crippen LogP contribution in [0.4, 0.5) is 24.5 Å². The zero-order valence-electron chi connectivity index (χ0n) is 16.8. The van der Waals surface area contributed by atoms with Gasteiger partial charge in [0.15, 0.2) is 0 Å². The zero-order chi connectivity index (χ0) is 22.9. The van der Waals surface area contributed by atoms with Gasteiger partial charge in [-0.3, -0.25) is 9.10 Å². The Morgan fingerprint density at radius 2 is 1.83 bits per heavy atom. The van der Waals surface area contributed by atoms with Crippen molar-refractivity contribution in [3.05, 3.63) is 58.1 Å². The number of rotatable bonds is 6. The average Bonchev–Trinajstić information content (AvgIpc) is 2.60. The van der Waals surface area contributed by atoms with Gasteiger partial charge in [0.2, 0.25) is 15.9 Å². The van der Waals surface area contributed by atoms with Crippen molar-refractivity contribution in [1.82, 2.24) is 0 Å². The smallest absolute Gasteiger partial charge is 0.324 e. The largest absolute Gasteiger partial charge is 0.417 e. The first-order chi connectivity index (χ1) is 13.7. The molecule has 0 aliphatic carbocycles. The van der Waals surface area contributed by atoms with Crippen LogP contribution in [0.2, 0.25) is 5.02 Å². The fourth-order valence-electron chi connectivity index (χ4n) is 2.94. The number of anilines is 2. The lowest BCUT2D eigenvalue weighted by Crippen LogP contribution is -2.37. The Kier molecular flexibility index (Phi) is 7.08. The van der Waals surface area contributed by atoms with Crippen LogP contribution in [0.5, 0.6) is 0 Å². The molecular formula is C20H22ClF3N2O3S. The maximum absolute atomic E-state index is 13.2. The number of sulfonamides is 1. The Morgan fingerprint density at radius 3 is 2.37 bits per heavy atom. The summed E-state index contributed by atoms with van der Waals surface area (Å²) in [6.07, 6.45) is -3.96. The molecule has 0 radical (unpaired) electrons. The number of hydrogen-bond acceptors (Lipinski definition) is 3. The van der Waals surface area contributed by atoms with Gasteiger partial charge in [0.1, 0.15) is 6.54 Å². The molecule has 0 aliphatic rings. The predicted octanol–water partition coefficient (Wildman–Crippen LogP) is 5.20. The highest BCUT2D eigenvalue weighted by Crippen LogP contribution is 2.37. The van der Waals surface area contributed by atoms with Crippen LogP contribution in [-0.4, -0.2) is 27.1 Å². The molecule has 0 atom stereocenters. The van der Waals surface area contributed by atoms with Gasteiger partial charge in [-0.15, -0.1) is 0 Å². The predicted molar refractivity (Wildman–Crippen MR) is 113 cm³/mol. The third kappa shape index (κ3) is 5.66. The van der Waals surface area contributed by atoms with Gasteiger partial charge >= 0.3 is 6.18 Å². The lowest BCUT2D eigenvalue weighted by molar-refractivity contribution is -0.137. The third-order valence-electron chi connectivity index (χ3n) is 4.42. The molecular weight excluding hydrogens is 441 g/mol. The zero-order valence-corrected chi connectivity index (χ0v) is 18.4. The summed E-state index contributed by atoms with van der Waals surface area (Å²) in [5.74, 6) is -0.586. The number of aryl methyl sites for hydroxylation is 1. The van der Waals surface area contributed by atoms with E-state index in [0.29, 0.717) is 16.1 Å². The van der Waals surface area contributed by atoms with E-state index in [4.69, 9.17) is 11.6 Å².